The molecular formula is C22H19N3O3. The number of carbonyl (C=O) groups excluding carboxylic acids is 1. The molecular weight excluding hydrogens is 354 g/mol. The lowest BCUT2D eigenvalue weighted by Crippen LogP contribution is -2.38. The molecule has 1 N–H and O–H groups in total. The number of H-pyrrole nitrogens is 1. The number of hydrogen-bond acceptors (Lipinski definition) is 4. The van der Waals surface area contributed by atoms with Crippen LogP contribution in [-0.2, 0) is 0 Å². The highest BCUT2D eigenvalue weighted by Crippen LogP contribution is 2.30. The Morgan fingerprint density at radius 3 is 2.64 bits per heavy atom. The molecule has 1 aliphatic heterocycles. The number of fused-ring (bicyclic) bond motifs is 2. The first-order chi connectivity index (χ1) is 13.7. The summed E-state index contributed by atoms with van der Waals surface area (Å²) in [5.74, 6) is 0.804. The van der Waals surface area contributed by atoms with Crippen LogP contribution in [-0.4, -0.2) is 33.9 Å². The van der Waals surface area contributed by atoms with Crippen LogP contribution >= 0.6 is 0 Å². The first-order valence-corrected chi connectivity index (χ1v) is 9.46. The molecule has 0 bridgehead atoms. The Bertz CT molecular complexity index is 1200. The molecule has 28 heavy (non-hydrogen) atoms. The Balaban J connectivity index is 1.34. The molecule has 6 heteroatoms. The van der Waals surface area contributed by atoms with Crippen LogP contribution in [0, 0.1) is 0 Å². The summed E-state index contributed by atoms with van der Waals surface area (Å²) in [4.78, 5) is 34.3. The number of aromatic amines is 1. The summed E-state index contributed by atoms with van der Waals surface area (Å²) in [6.07, 6.45) is 1.58. The SMILES string of the molecule is O=C(c1cc2ccccc2c(=O)[nH]1)N1CCC(c2nc3ccccc3o2)CC1. The van der Waals surface area contributed by atoms with Gasteiger partial charge in [0.25, 0.3) is 11.5 Å². The van der Waals surface area contributed by atoms with Gasteiger partial charge in [0.1, 0.15) is 11.2 Å². The molecule has 1 amide bonds. The van der Waals surface area contributed by atoms with E-state index in [4.69, 9.17) is 4.42 Å². The van der Waals surface area contributed by atoms with E-state index < -0.39 is 0 Å². The summed E-state index contributed by atoms with van der Waals surface area (Å²) in [6.45, 7) is 1.22. The number of carbonyl (C=O) groups is 1. The fourth-order valence-electron chi connectivity index (χ4n) is 3.89. The van der Waals surface area contributed by atoms with E-state index >= 15 is 0 Å². The van der Waals surface area contributed by atoms with Crippen LogP contribution in [0.15, 0.2) is 63.8 Å². The highest BCUT2D eigenvalue weighted by molar-refractivity contribution is 5.96. The van der Waals surface area contributed by atoms with Crippen molar-refractivity contribution in [2.24, 2.45) is 0 Å². The van der Waals surface area contributed by atoms with Gasteiger partial charge in [0.15, 0.2) is 11.5 Å². The van der Waals surface area contributed by atoms with Crippen molar-refractivity contribution in [1.82, 2.24) is 14.9 Å². The number of likely N-dealkylation sites (tertiary alicyclic amines) is 1. The second kappa shape index (κ2) is 6.64. The van der Waals surface area contributed by atoms with Gasteiger partial charge in [-0.1, -0.05) is 30.3 Å². The summed E-state index contributed by atoms with van der Waals surface area (Å²) in [7, 11) is 0. The highest BCUT2D eigenvalue weighted by atomic mass is 16.3. The average Bonchev–Trinajstić information content (AvgIpc) is 3.18. The summed E-state index contributed by atoms with van der Waals surface area (Å²) >= 11 is 0. The van der Waals surface area contributed by atoms with Crippen molar-refractivity contribution >= 4 is 27.8 Å². The molecule has 0 aliphatic carbocycles. The molecule has 0 atom stereocenters. The van der Waals surface area contributed by atoms with Crippen molar-refractivity contribution in [3.05, 3.63) is 76.5 Å². The summed E-state index contributed by atoms with van der Waals surface area (Å²) in [5.41, 5.74) is 1.77. The normalized spacial score (nSPS) is 15.4. The number of para-hydroxylation sites is 2. The quantitative estimate of drug-likeness (QED) is 0.581. The average molecular weight is 373 g/mol. The minimum absolute atomic E-state index is 0.140. The summed E-state index contributed by atoms with van der Waals surface area (Å²) in [5, 5.41) is 1.37. The van der Waals surface area contributed by atoms with Gasteiger partial charge in [0.05, 0.1) is 0 Å². The van der Waals surface area contributed by atoms with Crippen molar-refractivity contribution < 1.29 is 9.21 Å². The molecule has 1 saturated heterocycles. The minimum atomic E-state index is -0.234. The lowest BCUT2D eigenvalue weighted by molar-refractivity contribution is 0.0700. The van der Waals surface area contributed by atoms with Gasteiger partial charge in [0.2, 0.25) is 0 Å². The Hall–Kier alpha value is -3.41. The van der Waals surface area contributed by atoms with Gasteiger partial charge in [-0.3, -0.25) is 9.59 Å². The molecule has 6 nitrogen and oxygen atoms in total. The van der Waals surface area contributed by atoms with Crippen LogP contribution in [0.2, 0.25) is 0 Å². The predicted octanol–water partition coefficient (Wildman–Crippen LogP) is 3.69. The fraction of sp³-hybridized carbons (Fsp3) is 0.227. The fourth-order valence-corrected chi connectivity index (χ4v) is 3.89. The van der Waals surface area contributed by atoms with Gasteiger partial charge in [-0.2, -0.15) is 0 Å². The molecule has 5 rings (SSSR count). The van der Waals surface area contributed by atoms with Crippen molar-refractivity contribution in [3.8, 4) is 0 Å². The summed E-state index contributed by atoms with van der Waals surface area (Å²) in [6, 6.07) is 16.8. The van der Waals surface area contributed by atoms with Crippen LogP contribution in [0.1, 0.15) is 35.1 Å². The van der Waals surface area contributed by atoms with E-state index in [-0.39, 0.29) is 17.4 Å². The van der Waals surface area contributed by atoms with Gasteiger partial charge in [-0.25, -0.2) is 4.98 Å². The van der Waals surface area contributed by atoms with Crippen molar-refractivity contribution in [1.29, 1.82) is 0 Å². The third-order valence-corrected chi connectivity index (χ3v) is 5.43. The topological polar surface area (TPSA) is 79.2 Å². The lowest BCUT2D eigenvalue weighted by atomic mass is 9.96. The zero-order chi connectivity index (χ0) is 19.1. The standard InChI is InChI=1S/C22H19N3O3/c26-20-16-6-2-1-5-15(16)13-18(23-20)22(27)25-11-9-14(10-12-25)21-24-17-7-3-4-8-19(17)28-21/h1-8,13-14H,9-12H2,(H,23,26). The Morgan fingerprint density at radius 2 is 1.82 bits per heavy atom. The van der Waals surface area contributed by atoms with Crippen LogP contribution in [0.3, 0.4) is 0 Å². The first-order valence-electron chi connectivity index (χ1n) is 9.46. The van der Waals surface area contributed by atoms with E-state index in [1.165, 1.54) is 0 Å². The number of nitrogens with one attached hydrogen (secondary N) is 1. The molecule has 1 aliphatic rings. The molecule has 4 aromatic rings. The second-order valence-corrected chi connectivity index (χ2v) is 7.19. The number of hydrogen-bond donors (Lipinski definition) is 1. The Kier molecular flexibility index (Phi) is 3.97. The van der Waals surface area contributed by atoms with Crippen LogP contribution in [0.5, 0.6) is 0 Å². The van der Waals surface area contributed by atoms with Gasteiger partial charge in [-0.05, 0) is 42.5 Å². The van der Waals surface area contributed by atoms with Crippen LogP contribution in [0.4, 0.5) is 0 Å². The van der Waals surface area contributed by atoms with Crippen LogP contribution in [0.25, 0.3) is 21.9 Å². The maximum Gasteiger partial charge on any atom is 0.270 e. The lowest BCUT2D eigenvalue weighted by Gasteiger charge is -2.30. The van der Waals surface area contributed by atoms with Crippen molar-refractivity contribution in [2.45, 2.75) is 18.8 Å². The van der Waals surface area contributed by atoms with E-state index in [1.54, 1.807) is 17.0 Å². The first kappa shape index (κ1) is 16.7. The highest BCUT2D eigenvalue weighted by Gasteiger charge is 2.28. The number of rotatable bonds is 2. The zero-order valence-electron chi connectivity index (χ0n) is 15.2. The van der Waals surface area contributed by atoms with Gasteiger partial charge in [0, 0.05) is 24.4 Å². The van der Waals surface area contributed by atoms with Crippen molar-refractivity contribution in [3.63, 3.8) is 0 Å². The van der Waals surface area contributed by atoms with E-state index in [1.807, 2.05) is 42.5 Å². The maximum absolute atomic E-state index is 12.9. The third kappa shape index (κ3) is 2.87. The van der Waals surface area contributed by atoms with E-state index in [9.17, 15) is 9.59 Å². The Labute approximate surface area is 160 Å². The number of nitrogens with zero attached hydrogens (tertiary/aromatic N) is 2. The molecule has 2 aromatic heterocycles. The molecule has 2 aromatic carbocycles. The van der Waals surface area contributed by atoms with E-state index in [0.29, 0.717) is 24.2 Å². The number of oxazole rings is 1. The Morgan fingerprint density at radius 1 is 1.07 bits per heavy atom. The van der Waals surface area contributed by atoms with Gasteiger partial charge in [-0.15, -0.1) is 0 Å². The zero-order valence-corrected chi connectivity index (χ0v) is 15.2. The van der Waals surface area contributed by atoms with Gasteiger partial charge >= 0.3 is 0 Å². The van der Waals surface area contributed by atoms with Crippen LogP contribution < -0.4 is 5.56 Å². The molecule has 0 saturated carbocycles. The number of amides is 1. The number of aromatic nitrogens is 2. The summed E-state index contributed by atoms with van der Waals surface area (Å²) < 4.78 is 5.89. The molecule has 0 radical (unpaired) electrons. The molecule has 0 spiro atoms. The van der Waals surface area contributed by atoms with E-state index in [0.717, 1.165) is 35.2 Å². The van der Waals surface area contributed by atoms with Crippen molar-refractivity contribution in [2.75, 3.05) is 13.1 Å². The second-order valence-electron chi connectivity index (χ2n) is 7.19. The largest absolute Gasteiger partial charge is 0.440 e. The monoisotopic (exact) mass is 373 g/mol. The third-order valence-electron chi connectivity index (χ3n) is 5.43. The number of benzene rings is 2. The molecule has 140 valence electrons. The van der Waals surface area contributed by atoms with E-state index in [2.05, 4.69) is 9.97 Å². The number of piperidine rings is 1. The minimum Gasteiger partial charge on any atom is -0.440 e. The maximum atomic E-state index is 12.9. The predicted molar refractivity (Wildman–Crippen MR) is 106 cm³/mol. The molecule has 3 heterocycles. The smallest absolute Gasteiger partial charge is 0.270 e. The molecule has 0 unspecified atom stereocenters. The number of pyridine rings is 1. The van der Waals surface area contributed by atoms with Gasteiger partial charge < -0.3 is 14.3 Å². The molecule has 1 fully saturated rings.